The van der Waals surface area contributed by atoms with Crippen LogP contribution < -0.4 is 4.74 Å². The Labute approximate surface area is 110 Å². The van der Waals surface area contributed by atoms with Crippen molar-refractivity contribution in [2.45, 2.75) is 6.61 Å². The van der Waals surface area contributed by atoms with E-state index in [0.29, 0.717) is 9.34 Å². The summed E-state index contributed by atoms with van der Waals surface area (Å²) in [5.41, 5.74) is -0.411. The zero-order valence-electron chi connectivity index (χ0n) is 8.80. The molecular formula is C10H6ClFN2O3S. The molecule has 0 N–H and O–H groups in total. The lowest BCUT2D eigenvalue weighted by molar-refractivity contribution is -0.386. The van der Waals surface area contributed by atoms with Gasteiger partial charge >= 0.3 is 5.69 Å². The molecule has 0 spiro atoms. The van der Waals surface area contributed by atoms with Crippen LogP contribution >= 0.6 is 22.9 Å². The van der Waals surface area contributed by atoms with Gasteiger partial charge in [-0.25, -0.2) is 9.37 Å². The Bertz CT molecular complexity index is 590. The Morgan fingerprint density at radius 1 is 1.56 bits per heavy atom. The number of nitro benzene ring substituents is 1. The van der Waals surface area contributed by atoms with Crippen molar-refractivity contribution in [2.75, 3.05) is 0 Å². The third-order valence-electron chi connectivity index (χ3n) is 2.03. The van der Waals surface area contributed by atoms with Crippen molar-refractivity contribution in [3.8, 4) is 5.75 Å². The number of thiazole rings is 1. The van der Waals surface area contributed by atoms with Gasteiger partial charge in [0.2, 0.25) is 5.75 Å². The van der Waals surface area contributed by atoms with E-state index in [-0.39, 0.29) is 12.4 Å². The van der Waals surface area contributed by atoms with Gasteiger partial charge in [-0.2, -0.15) is 0 Å². The van der Waals surface area contributed by atoms with E-state index in [4.69, 9.17) is 16.3 Å². The standard InChI is InChI=1S/C10H6ClFN2O3S/c11-10-13-4-6(18-10)5-17-9-7(12)2-1-3-8(9)14(15)16/h1-4H,5H2. The molecule has 1 aromatic carbocycles. The molecule has 18 heavy (non-hydrogen) atoms. The fourth-order valence-corrected chi connectivity index (χ4v) is 2.17. The van der Waals surface area contributed by atoms with Crippen molar-refractivity contribution in [3.05, 3.63) is 49.7 Å². The lowest BCUT2D eigenvalue weighted by Gasteiger charge is -2.05. The summed E-state index contributed by atoms with van der Waals surface area (Å²) < 4.78 is 18.9. The summed E-state index contributed by atoms with van der Waals surface area (Å²) in [7, 11) is 0. The van der Waals surface area contributed by atoms with Gasteiger partial charge in [-0.05, 0) is 6.07 Å². The molecule has 0 amide bonds. The first-order valence-electron chi connectivity index (χ1n) is 4.74. The molecule has 0 radical (unpaired) electrons. The molecule has 0 aliphatic heterocycles. The van der Waals surface area contributed by atoms with E-state index in [1.54, 1.807) is 0 Å². The number of ether oxygens (including phenoxy) is 1. The highest BCUT2D eigenvalue weighted by molar-refractivity contribution is 7.15. The van der Waals surface area contributed by atoms with E-state index in [1.807, 2.05) is 0 Å². The van der Waals surface area contributed by atoms with Crippen LogP contribution in [-0.4, -0.2) is 9.91 Å². The monoisotopic (exact) mass is 288 g/mol. The number of aromatic nitrogens is 1. The third-order valence-corrected chi connectivity index (χ3v) is 3.12. The van der Waals surface area contributed by atoms with E-state index < -0.39 is 16.4 Å². The Kier molecular flexibility index (Phi) is 3.73. The number of rotatable bonds is 4. The molecule has 0 saturated carbocycles. The lowest BCUT2D eigenvalue weighted by Crippen LogP contribution is -2.00. The molecule has 0 unspecified atom stereocenters. The Hall–Kier alpha value is -1.73. The summed E-state index contributed by atoms with van der Waals surface area (Å²) in [4.78, 5) is 14.5. The molecular weight excluding hydrogens is 283 g/mol. The summed E-state index contributed by atoms with van der Waals surface area (Å²) in [6.07, 6.45) is 1.47. The first-order valence-corrected chi connectivity index (χ1v) is 5.93. The fraction of sp³-hybridized carbons (Fsp3) is 0.100. The zero-order valence-corrected chi connectivity index (χ0v) is 10.4. The van der Waals surface area contributed by atoms with Gasteiger partial charge in [0.25, 0.3) is 0 Å². The molecule has 2 aromatic rings. The summed E-state index contributed by atoms with van der Waals surface area (Å²) in [5.74, 6) is -1.16. The highest BCUT2D eigenvalue weighted by Gasteiger charge is 2.19. The predicted octanol–water partition coefficient (Wildman–Crippen LogP) is 3.42. The van der Waals surface area contributed by atoms with Crippen molar-refractivity contribution in [1.82, 2.24) is 4.98 Å². The number of hydrogen-bond donors (Lipinski definition) is 0. The topological polar surface area (TPSA) is 65.3 Å². The molecule has 0 fully saturated rings. The number of benzene rings is 1. The van der Waals surface area contributed by atoms with Crippen molar-refractivity contribution in [1.29, 1.82) is 0 Å². The molecule has 0 atom stereocenters. The Morgan fingerprint density at radius 2 is 2.33 bits per heavy atom. The minimum Gasteiger partial charge on any atom is -0.479 e. The number of hydrogen-bond acceptors (Lipinski definition) is 5. The van der Waals surface area contributed by atoms with Crippen molar-refractivity contribution < 1.29 is 14.1 Å². The quantitative estimate of drug-likeness (QED) is 0.638. The second-order valence-corrected chi connectivity index (χ2v) is 4.91. The van der Waals surface area contributed by atoms with Gasteiger partial charge in [0.1, 0.15) is 6.61 Å². The van der Waals surface area contributed by atoms with Crippen LogP contribution in [0.4, 0.5) is 10.1 Å². The molecule has 94 valence electrons. The van der Waals surface area contributed by atoms with E-state index in [0.717, 1.165) is 17.4 Å². The van der Waals surface area contributed by atoms with Crippen molar-refractivity contribution in [3.63, 3.8) is 0 Å². The highest BCUT2D eigenvalue weighted by atomic mass is 35.5. The summed E-state index contributed by atoms with van der Waals surface area (Å²) >= 11 is 6.79. The van der Waals surface area contributed by atoms with E-state index in [9.17, 15) is 14.5 Å². The maximum atomic E-state index is 13.5. The first-order chi connectivity index (χ1) is 8.58. The lowest BCUT2D eigenvalue weighted by atomic mass is 10.3. The normalized spacial score (nSPS) is 10.3. The van der Waals surface area contributed by atoms with E-state index >= 15 is 0 Å². The van der Waals surface area contributed by atoms with Crippen LogP contribution in [0.2, 0.25) is 4.47 Å². The van der Waals surface area contributed by atoms with Gasteiger partial charge < -0.3 is 4.74 Å². The van der Waals surface area contributed by atoms with Gasteiger partial charge in [0, 0.05) is 12.3 Å². The number of nitro groups is 1. The molecule has 1 heterocycles. The second kappa shape index (κ2) is 5.28. The molecule has 0 aliphatic carbocycles. The first kappa shape index (κ1) is 12.7. The molecule has 2 rings (SSSR count). The molecule has 8 heteroatoms. The maximum absolute atomic E-state index is 13.5. The maximum Gasteiger partial charge on any atom is 0.314 e. The van der Waals surface area contributed by atoms with E-state index in [2.05, 4.69) is 4.98 Å². The largest absolute Gasteiger partial charge is 0.479 e. The van der Waals surface area contributed by atoms with Gasteiger partial charge in [0.05, 0.1) is 9.80 Å². The average molecular weight is 289 g/mol. The van der Waals surface area contributed by atoms with Crippen molar-refractivity contribution in [2.24, 2.45) is 0 Å². The number of nitrogens with zero attached hydrogens (tertiary/aromatic N) is 2. The SMILES string of the molecule is O=[N+]([O-])c1cccc(F)c1OCc1cnc(Cl)s1. The predicted molar refractivity (Wildman–Crippen MR) is 64.5 cm³/mol. The molecule has 0 saturated heterocycles. The van der Waals surface area contributed by atoms with Crippen LogP contribution in [0, 0.1) is 15.9 Å². The number of para-hydroxylation sites is 1. The van der Waals surface area contributed by atoms with Crippen LogP contribution in [0.25, 0.3) is 0 Å². The van der Waals surface area contributed by atoms with Gasteiger partial charge in [-0.3, -0.25) is 10.1 Å². The summed E-state index contributed by atoms with van der Waals surface area (Å²) in [6, 6.07) is 3.53. The van der Waals surface area contributed by atoms with Crippen LogP contribution in [0.1, 0.15) is 4.88 Å². The van der Waals surface area contributed by atoms with Crippen LogP contribution in [0.3, 0.4) is 0 Å². The second-order valence-electron chi connectivity index (χ2n) is 3.21. The van der Waals surface area contributed by atoms with Crippen LogP contribution in [0.15, 0.2) is 24.4 Å². The molecule has 0 aliphatic rings. The molecule has 5 nitrogen and oxygen atoms in total. The van der Waals surface area contributed by atoms with Gasteiger partial charge in [-0.15, -0.1) is 11.3 Å². The van der Waals surface area contributed by atoms with Crippen LogP contribution in [-0.2, 0) is 6.61 Å². The van der Waals surface area contributed by atoms with Crippen LogP contribution in [0.5, 0.6) is 5.75 Å². The summed E-state index contributed by atoms with van der Waals surface area (Å²) in [5, 5.41) is 10.7. The Morgan fingerprint density at radius 3 is 2.94 bits per heavy atom. The fourth-order valence-electron chi connectivity index (χ4n) is 1.28. The third kappa shape index (κ3) is 2.74. The minimum atomic E-state index is -0.778. The highest BCUT2D eigenvalue weighted by Crippen LogP contribution is 2.31. The smallest absolute Gasteiger partial charge is 0.314 e. The zero-order chi connectivity index (χ0) is 13.1. The van der Waals surface area contributed by atoms with E-state index in [1.165, 1.54) is 18.3 Å². The molecule has 1 aromatic heterocycles. The number of halogens is 2. The Balaban J connectivity index is 2.20. The average Bonchev–Trinajstić information content (AvgIpc) is 2.73. The van der Waals surface area contributed by atoms with Gasteiger partial charge in [0.15, 0.2) is 10.3 Å². The summed E-state index contributed by atoms with van der Waals surface area (Å²) in [6.45, 7) is -0.0217. The van der Waals surface area contributed by atoms with Crippen molar-refractivity contribution >= 4 is 28.6 Å². The minimum absolute atomic E-state index is 0.0217. The molecule has 0 bridgehead atoms. The van der Waals surface area contributed by atoms with Gasteiger partial charge in [-0.1, -0.05) is 17.7 Å².